The van der Waals surface area contributed by atoms with Crippen LogP contribution in [0.1, 0.15) is 5.56 Å². The first-order chi connectivity index (χ1) is 6.74. The summed E-state index contributed by atoms with van der Waals surface area (Å²) >= 11 is 0. The Hall–Kier alpha value is -2.13. The van der Waals surface area contributed by atoms with E-state index in [4.69, 9.17) is 16.4 Å². The van der Waals surface area contributed by atoms with Crippen molar-refractivity contribution < 1.29 is 5.11 Å². The van der Waals surface area contributed by atoms with Crippen LogP contribution in [0.2, 0.25) is 0 Å². The third-order valence-corrected chi connectivity index (χ3v) is 1.62. The summed E-state index contributed by atoms with van der Waals surface area (Å²) in [5.41, 5.74) is 14.9. The van der Waals surface area contributed by atoms with Crippen LogP contribution >= 0.6 is 0 Å². The Labute approximate surface area is 81.1 Å². The molecule has 0 amide bonds. The molecule has 0 bridgehead atoms. The molecular formula is C9H10N4O. The fraction of sp³-hybridized carbons (Fsp3) is 0.111. The van der Waals surface area contributed by atoms with Gasteiger partial charge in [-0.25, -0.2) is 0 Å². The number of nitrogens with zero attached hydrogens (tertiary/aromatic N) is 3. The summed E-state index contributed by atoms with van der Waals surface area (Å²) in [4.78, 5) is 2.61. The van der Waals surface area contributed by atoms with E-state index in [0.717, 1.165) is 5.56 Å². The molecule has 1 aromatic rings. The minimum atomic E-state index is 0.134. The van der Waals surface area contributed by atoms with E-state index < -0.39 is 0 Å². The molecule has 0 fully saturated rings. The lowest BCUT2D eigenvalue weighted by molar-refractivity contribution is 0.475. The average Bonchev–Trinajstić information content (AvgIpc) is 2.15. The van der Waals surface area contributed by atoms with Gasteiger partial charge < -0.3 is 10.8 Å². The highest BCUT2D eigenvalue weighted by Crippen LogP contribution is 2.19. The molecule has 5 nitrogen and oxygen atoms in total. The monoisotopic (exact) mass is 190 g/mol. The number of azide groups is 1. The van der Waals surface area contributed by atoms with Crippen LogP contribution in [0, 0.1) is 0 Å². The normalized spacial score (nSPS) is 10.0. The molecule has 72 valence electrons. The molecule has 0 aliphatic heterocycles. The van der Waals surface area contributed by atoms with E-state index in [2.05, 4.69) is 10.0 Å². The molecule has 5 heteroatoms. The van der Waals surface area contributed by atoms with E-state index in [-0.39, 0.29) is 12.3 Å². The van der Waals surface area contributed by atoms with Crippen LogP contribution in [0.3, 0.4) is 0 Å². The van der Waals surface area contributed by atoms with E-state index in [1.165, 1.54) is 6.07 Å². The Bertz CT molecular complexity index is 394. The standard InChI is InChI=1S/C9H10N4O/c10-9-6-8(14)4-3-7(9)2-1-5-12-13-11/h1-4,6,14H,5,10H2. The summed E-state index contributed by atoms with van der Waals surface area (Å²) < 4.78 is 0. The van der Waals surface area contributed by atoms with Crippen LogP contribution in [0.4, 0.5) is 5.69 Å². The van der Waals surface area contributed by atoms with Crippen molar-refractivity contribution in [2.75, 3.05) is 12.3 Å². The highest BCUT2D eigenvalue weighted by Gasteiger charge is 1.95. The number of anilines is 1. The maximum atomic E-state index is 9.08. The summed E-state index contributed by atoms with van der Waals surface area (Å²) in [7, 11) is 0. The minimum absolute atomic E-state index is 0.134. The number of hydrogen-bond acceptors (Lipinski definition) is 3. The Morgan fingerprint density at radius 1 is 1.57 bits per heavy atom. The second-order valence-corrected chi connectivity index (χ2v) is 2.63. The zero-order chi connectivity index (χ0) is 10.4. The van der Waals surface area contributed by atoms with Crippen LogP contribution in [0.25, 0.3) is 16.5 Å². The van der Waals surface area contributed by atoms with Crippen LogP contribution in [-0.4, -0.2) is 11.7 Å². The summed E-state index contributed by atoms with van der Waals surface area (Å²) in [5, 5.41) is 12.4. The Morgan fingerprint density at radius 2 is 2.36 bits per heavy atom. The molecule has 0 unspecified atom stereocenters. The molecule has 3 N–H and O–H groups in total. The van der Waals surface area contributed by atoms with E-state index in [1.807, 2.05) is 0 Å². The fourth-order valence-electron chi connectivity index (χ4n) is 0.977. The van der Waals surface area contributed by atoms with Gasteiger partial charge in [0.15, 0.2) is 0 Å². The lowest BCUT2D eigenvalue weighted by Gasteiger charge is -1.99. The smallest absolute Gasteiger partial charge is 0.117 e. The molecule has 0 aliphatic carbocycles. The van der Waals surface area contributed by atoms with Crippen molar-refractivity contribution in [3.63, 3.8) is 0 Å². The van der Waals surface area contributed by atoms with Crippen molar-refractivity contribution in [3.8, 4) is 5.75 Å². The topological polar surface area (TPSA) is 95.0 Å². The quantitative estimate of drug-likeness (QED) is 0.331. The van der Waals surface area contributed by atoms with Crippen LogP contribution < -0.4 is 5.73 Å². The molecule has 0 aliphatic rings. The van der Waals surface area contributed by atoms with E-state index in [1.54, 1.807) is 24.3 Å². The largest absolute Gasteiger partial charge is 0.508 e. The number of phenolic OH excluding ortho intramolecular Hbond substituents is 1. The van der Waals surface area contributed by atoms with Crippen molar-refractivity contribution in [2.45, 2.75) is 0 Å². The third-order valence-electron chi connectivity index (χ3n) is 1.62. The molecule has 0 radical (unpaired) electrons. The first-order valence-corrected chi connectivity index (χ1v) is 4.00. The molecule has 1 aromatic carbocycles. The van der Waals surface area contributed by atoms with Gasteiger partial charge in [0.05, 0.1) is 0 Å². The zero-order valence-electron chi connectivity index (χ0n) is 7.46. The molecule has 0 saturated carbocycles. The van der Waals surface area contributed by atoms with Crippen molar-refractivity contribution in [3.05, 3.63) is 40.3 Å². The maximum Gasteiger partial charge on any atom is 0.117 e. The minimum Gasteiger partial charge on any atom is -0.508 e. The van der Waals surface area contributed by atoms with Gasteiger partial charge in [-0.3, -0.25) is 0 Å². The number of nitrogens with two attached hydrogens (primary N) is 1. The number of nitrogen functional groups attached to an aromatic ring is 1. The predicted octanol–water partition coefficient (Wildman–Crippen LogP) is 2.30. The van der Waals surface area contributed by atoms with E-state index in [0.29, 0.717) is 5.69 Å². The number of rotatable bonds is 3. The number of benzene rings is 1. The predicted molar refractivity (Wildman–Crippen MR) is 55.6 cm³/mol. The van der Waals surface area contributed by atoms with Gasteiger partial charge in [0.25, 0.3) is 0 Å². The second-order valence-electron chi connectivity index (χ2n) is 2.63. The first-order valence-electron chi connectivity index (χ1n) is 4.00. The first kappa shape index (κ1) is 9.95. The molecule has 1 rings (SSSR count). The van der Waals surface area contributed by atoms with Crippen molar-refractivity contribution >= 4 is 11.8 Å². The van der Waals surface area contributed by atoms with E-state index >= 15 is 0 Å². The van der Waals surface area contributed by atoms with Crippen LogP contribution in [-0.2, 0) is 0 Å². The summed E-state index contributed by atoms with van der Waals surface area (Å²) in [6, 6.07) is 4.70. The molecule has 0 saturated heterocycles. The van der Waals surface area contributed by atoms with Gasteiger partial charge in [0.2, 0.25) is 0 Å². The summed E-state index contributed by atoms with van der Waals surface area (Å²) in [6.45, 7) is 0.289. The Balaban J connectivity index is 2.76. The van der Waals surface area contributed by atoms with Gasteiger partial charge in [-0.05, 0) is 23.2 Å². The second kappa shape index (κ2) is 4.79. The number of phenols is 1. The highest BCUT2D eigenvalue weighted by atomic mass is 16.3. The fourth-order valence-corrected chi connectivity index (χ4v) is 0.977. The highest BCUT2D eigenvalue weighted by molar-refractivity contribution is 5.66. The van der Waals surface area contributed by atoms with Crippen molar-refractivity contribution in [1.82, 2.24) is 0 Å². The van der Waals surface area contributed by atoms with Crippen molar-refractivity contribution in [2.24, 2.45) is 5.11 Å². The Morgan fingerprint density at radius 3 is 3.00 bits per heavy atom. The van der Waals surface area contributed by atoms with Gasteiger partial charge in [-0.2, -0.15) is 0 Å². The molecule has 14 heavy (non-hydrogen) atoms. The lowest BCUT2D eigenvalue weighted by atomic mass is 10.1. The SMILES string of the molecule is [N-]=[N+]=NCC=Cc1ccc(O)cc1N. The summed E-state index contributed by atoms with van der Waals surface area (Å²) in [6.07, 6.45) is 3.44. The average molecular weight is 190 g/mol. The molecular weight excluding hydrogens is 180 g/mol. The van der Waals surface area contributed by atoms with Gasteiger partial charge >= 0.3 is 0 Å². The van der Waals surface area contributed by atoms with Gasteiger partial charge in [-0.15, -0.1) is 0 Å². The molecule has 0 spiro atoms. The van der Waals surface area contributed by atoms with Crippen LogP contribution in [0.5, 0.6) is 5.75 Å². The van der Waals surface area contributed by atoms with Crippen molar-refractivity contribution in [1.29, 1.82) is 0 Å². The number of aromatic hydroxyl groups is 1. The van der Waals surface area contributed by atoms with Gasteiger partial charge in [0.1, 0.15) is 5.75 Å². The molecule has 0 heterocycles. The molecule has 0 atom stereocenters. The summed E-state index contributed by atoms with van der Waals surface area (Å²) in [5.74, 6) is 0.134. The maximum absolute atomic E-state index is 9.08. The van der Waals surface area contributed by atoms with Crippen LogP contribution in [0.15, 0.2) is 29.4 Å². The van der Waals surface area contributed by atoms with E-state index in [9.17, 15) is 0 Å². The lowest BCUT2D eigenvalue weighted by Crippen LogP contribution is -1.88. The van der Waals surface area contributed by atoms with Gasteiger partial charge in [0, 0.05) is 23.2 Å². The Kier molecular flexibility index (Phi) is 3.41. The molecule has 0 aromatic heterocycles. The third kappa shape index (κ3) is 2.73. The number of hydrogen-bond donors (Lipinski definition) is 2. The van der Waals surface area contributed by atoms with Gasteiger partial charge in [-0.1, -0.05) is 17.3 Å². The zero-order valence-corrected chi connectivity index (χ0v) is 7.46.